The van der Waals surface area contributed by atoms with Gasteiger partial charge in [0.25, 0.3) is 0 Å². The lowest BCUT2D eigenvalue weighted by Gasteiger charge is -2.20. The summed E-state index contributed by atoms with van der Waals surface area (Å²) in [6, 6.07) is 20.7. The first-order valence-electron chi connectivity index (χ1n) is 11.5. The van der Waals surface area contributed by atoms with E-state index >= 15 is 0 Å². The van der Waals surface area contributed by atoms with Gasteiger partial charge in [0, 0.05) is 41.5 Å². The van der Waals surface area contributed by atoms with Gasteiger partial charge in [-0.3, -0.25) is 4.98 Å². The van der Waals surface area contributed by atoms with Gasteiger partial charge in [0.2, 0.25) is 0 Å². The first-order chi connectivity index (χ1) is 16.9. The molecule has 0 radical (unpaired) electrons. The number of aromatic nitrogens is 3. The number of rotatable bonds is 6. The van der Waals surface area contributed by atoms with Gasteiger partial charge in [-0.1, -0.05) is 60.5 Å². The van der Waals surface area contributed by atoms with Crippen LogP contribution in [0.25, 0.3) is 10.9 Å². The minimum atomic E-state index is -0.250. The molecular weight excluding hydrogens is 480 g/mol. The zero-order chi connectivity index (χ0) is 24.5. The van der Waals surface area contributed by atoms with Crippen LogP contribution in [0, 0.1) is 5.82 Å². The molecule has 0 aliphatic carbocycles. The van der Waals surface area contributed by atoms with Gasteiger partial charge in [-0.05, 0) is 65.1 Å². The molecule has 0 amide bonds. The van der Waals surface area contributed by atoms with E-state index in [0.29, 0.717) is 16.5 Å². The zero-order valence-electron chi connectivity index (χ0n) is 19.5. The van der Waals surface area contributed by atoms with Gasteiger partial charge >= 0.3 is 0 Å². The highest BCUT2D eigenvalue weighted by Crippen LogP contribution is 2.37. The Kier molecular flexibility index (Phi) is 6.59. The Morgan fingerprint density at radius 3 is 2.31 bits per heavy atom. The Labute approximate surface area is 214 Å². The third-order valence-corrected chi connectivity index (χ3v) is 7.12. The standard InChI is InChI=1S/C29H24Cl2FN3/c1-3-25-23(14-18-4-11-22(32)12-5-18)29(31)24-15-20(8-13-26(24)34-25)28(27-16-33-17-35(27)2)19-6-9-21(30)10-7-19/h4-13,15-17,28H,3,14H2,1-2H3. The number of imidazole rings is 1. The first kappa shape index (κ1) is 23.5. The third kappa shape index (κ3) is 4.69. The van der Waals surface area contributed by atoms with E-state index in [1.165, 1.54) is 12.1 Å². The van der Waals surface area contributed by atoms with Crippen LogP contribution in [0.3, 0.4) is 0 Å². The fourth-order valence-electron chi connectivity index (χ4n) is 4.62. The Morgan fingerprint density at radius 2 is 1.66 bits per heavy atom. The SMILES string of the molecule is CCc1nc2ccc(C(c3ccc(Cl)cc3)c3cncn3C)cc2c(Cl)c1Cc1ccc(F)cc1. The van der Waals surface area contributed by atoms with Gasteiger partial charge in [-0.25, -0.2) is 9.37 Å². The lowest BCUT2D eigenvalue weighted by molar-refractivity contribution is 0.627. The topological polar surface area (TPSA) is 30.7 Å². The van der Waals surface area contributed by atoms with E-state index < -0.39 is 0 Å². The molecule has 2 aromatic heterocycles. The van der Waals surface area contributed by atoms with Gasteiger partial charge in [0.05, 0.1) is 22.8 Å². The summed E-state index contributed by atoms with van der Waals surface area (Å²) in [5.74, 6) is -0.299. The van der Waals surface area contributed by atoms with Crippen molar-refractivity contribution in [3.8, 4) is 0 Å². The molecule has 0 spiro atoms. The molecule has 6 heteroatoms. The second-order valence-electron chi connectivity index (χ2n) is 8.70. The summed E-state index contributed by atoms with van der Waals surface area (Å²) in [4.78, 5) is 9.29. The second kappa shape index (κ2) is 9.80. The Hall–Kier alpha value is -3.21. The molecule has 3 nitrogen and oxygen atoms in total. The normalized spacial score (nSPS) is 12.3. The van der Waals surface area contributed by atoms with Crippen molar-refractivity contribution in [2.45, 2.75) is 25.7 Å². The maximum Gasteiger partial charge on any atom is 0.123 e. The molecule has 0 fully saturated rings. The Bertz CT molecular complexity index is 1490. The van der Waals surface area contributed by atoms with Gasteiger partial charge in [0.15, 0.2) is 0 Å². The van der Waals surface area contributed by atoms with E-state index in [9.17, 15) is 4.39 Å². The summed E-state index contributed by atoms with van der Waals surface area (Å²) >= 11 is 13.2. The van der Waals surface area contributed by atoms with Crippen LogP contribution in [0.4, 0.5) is 4.39 Å². The molecule has 0 N–H and O–H groups in total. The number of nitrogens with zero attached hydrogens (tertiary/aromatic N) is 3. The largest absolute Gasteiger partial charge is 0.337 e. The molecule has 0 bridgehead atoms. The number of hydrogen-bond donors (Lipinski definition) is 0. The Morgan fingerprint density at radius 1 is 0.943 bits per heavy atom. The lowest BCUT2D eigenvalue weighted by atomic mass is 9.87. The van der Waals surface area contributed by atoms with Gasteiger partial charge < -0.3 is 4.57 Å². The molecule has 2 heterocycles. The first-order valence-corrected chi connectivity index (χ1v) is 12.3. The van der Waals surface area contributed by atoms with Crippen LogP contribution in [0.2, 0.25) is 10.0 Å². The number of hydrogen-bond acceptors (Lipinski definition) is 2. The van der Waals surface area contributed by atoms with E-state index in [4.69, 9.17) is 28.2 Å². The van der Waals surface area contributed by atoms with Crippen molar-refractivity contribution in [3.63, 3.8) is 0 Å². The lowest BCUT2D eigenvalue weighted by Crippen LogP contribution is -2.08. The summed E-state index contributed by atoms with van der Waals surface area (Å²) in [6.07, 6.45) is 5.06. The Balaban J connectivity index is 1.66. The predicted octanol–water partition coefficient (Wildman–Crippen LogP) is 7.75. The number of pyridine rings is 1. The molecule has 5 aromatic rings. The predicted molar refractivity (Wildman–Crippen MR) is 141 cm³/mol. The minimum Gasteiger partial charge on any atom is -0.337 e. The van der Waals surface area contributed by atoms with Crippen LogP contribution in [0.5, 0.6) is 0 Å². The van der Waals surface area contributed by atoms with E-state index in [1.807, 2.05) is 54.5 Å². The van der Waals surface area contributed by atoms with E-state index in [2.05, 4.69) is 24.0 Å². The molecule has 3 aromatic carbocycles. The highest BCUT2D eigenvalue weighted by molar-refractivity contribution is 6.36. The van der Waals surface area contributed by atoms with Crippen LogP contribution < -0.4 is 0 Å². The molecule has 5 rings (SSSR count). The molecule has 1 unspecified atom stereocenters. The molecule has 0 aliphatic heterocycles. The van der Waals surface area contributed by atoms with Gasteiger partial charge in [0.1, 0.15) is 5.82 Å². The quantitative estimate of drug-likeness (QED) is 0.237. The van der Waals surface area contributed by atoms with E-state index in [1.54, 1.807) is 12.1 Å². The van der Waals surface area contributed by atoms with Crippen molar-refractivity contribution in [1.82, 2.24) is 14.5 Å². The number of benzene rings is 3. The maximum atomic E-state index is 13.4. The molecule has 176 valence electrons. The van der Waals surface area contributed by atoms with Gasteiger partial charge in [-0.15, -0.1) is 0 Å². The van der Waals surface area contributed by atoms with Crippen molar-refractivity contribution in [3.05, 3.63) is 129 Å². The summed E-state index contributed by atoms with van der Waals surface area (Å²) in [7, 11) is 2.00. The van der Waals surface area contributed by atoms with Crippen molar-refractivity contribution >= 4 is 34.1 Å². The highest BCUT2D eigenvalue weighted by Gasteiger charge is 2.22. The fraction of sp³-hybridized carbons (Fsp3) is 0.172. The molecule has 0 saturated heterocycles. The van der Waals surface area contributed by atoms with Crippen molar-refractivity contribution in [2.24, 2.45) is 7.05 Å². The van der Waals surface area contributed by atoms with Crippen LogP contribution in [-0.2, 0) is 19.9 Å². The molecule has 0 aliphatic rings. The molecule has 1 atom stereocenters. The van der Waals surface area contributed by atoms with Crippen molar-refractivity contribution < 1.29 is 4.39 Å². The average Bonchev–Trinajstić information content (AvgIpc) is 3.29. The number of halogens is 3. The van der Waals surface area contributed by atoms with Crippen LogP contribution in [-0.4, -0.2) is 14.5 Å². The summed E-state index contributed by atoms with van der Waals surface area (Å²) in [5.41, 5.74) is 7.05. The fourth-order valence-corrected chi connectivity index (χ4v) is 5.08. The summed E-state index contributed by atoms with van der Waals surface area (Å²) in [6.45, 7) is 2.08. The number of fused-ring (bicyclic) bond motifs is 1. The minimum absolute atomic E-state index is 0.0494. The smallest absolute Gasteiger partial charge is 0.123 e. The van der Waals surface area contributed by atoms with Crippen LogP contribution >= 0.6 is 23.2 Å². The average molecular weight is 504 g/mol. The van der Waals surface area contributed by atoms with E-state index in [-0.39, 0.29) is 11.7 Å². The van der Waals surface area contributed by atoms with Crippen molar-refractivity contribution in [2.75, 3.05) is 0 Å². The van der Waals surface area contributed by atoms with E-state index in [0.717, 1.165) is 51.0 Å². The summed E-state index contributed by atoms with van der Waals surface area (Å²) < 4.78 is 15.5. The van der Waals surface area contributed by atoms with Crippen LogP contribution in [0.15, 0.2) is 79.3 Å². The second-order valence-corrected chi connectivity index (χ2v) is 9.51. The third-order valence-electron chi connectivity index (χ3n) is 6.44. The summed E-state index contributed by atoms with van der Waals surface area (Å²) in [5, 5.41) is 2.29. The highest BCUT2D eigenvalue weighted by atomic mass is 35.5. The molecular formula is C29H24Cl2FN3. The zero-order valence-corrected chi connectivity index (χ0v) is 21.0. The maximum absolute atomic E-state index is 13.4. The molecule has 35 heavy (non-hydrogen) atoms. The molecule has 0 saturated carbocycles. The monoisotopic (exact) mass is 503 g/mol. The number of aryl methyl sites for hydroxylation is 2. The van der Waals surface area contributed by atoms with Crippen molar-refractivity contribution in [1.29, 1.82) is 0 Å². The van der Waals surface area contributed by atoms with Crippen LogP contribution in [0.1, 0.15) is 46.5 Å². The van der Waals surface area contributed by atoms with Gasteiger partial charge in [-0.2, -0.15) is 0 Å².